The van der Waals surface area contributed by atoms with Crippen LogP contribution in [0.15, 0.2) is 0 Å². The van der Waals surface area contributed by atoms with Crippen LogP contribution in [0.5, 0.6) is 0 Å². The number of phosphoric acid groups is 1. The van der Waals surface area contributed by atoms with Crippen LogP contribution in [0.2, 0.25) is 0 Å². The molecule has 0 fully saturated rings. The minimum Gasteiger partial charge on any atom is -0.388 e. The molecule has 2 N–H and O–H groups in total. The van der Waals surface area contributed by atoms with E-state index in [1.807, 2.05) is 21.1 Å². The quantitative estimate of drug-likeness (QED) is 0.0857. The van der Waals surface area contributed by atoms with Gasteiger partial charge in [-0.1, -0.05) is 71.1 Å². The average molecular weight is 525 g/mol. The first-order valence-electron chi connectivity index (χ1n) is 13.8. The summed E-state index contributed by atoms with van der Waals surface area (Å²) in [5.41, 5.74) is 0. The van der Waals surface area contributed by atoms with E-state index in [0.29, 0.717) is 29.8 Å². The molecule has 0 heterocycles. The molecule has 0 aromatic heterocycles. The standard InChI is InChI=1S/C26H54NO7P/c1-5-6-7-8-9-10-11-12-15-18-25(28)19-16-13-14-17-21-32-23-26(29)24-34-35(30,31)33-22-20-27(2,3)4/h26,29H,5-24H2,1-4H3/p+1. The normalized spacial score (nSPS) is 14.7. The molecule has 8 nitrogen and oxygen atoms in total. The molecule has 2 atom stereocenters. The molecule has 0 aromatic carbocycles. The number of unbranched alkanes of at least 4 members (excludes halogenated alkanes) is 11. The van der Waals surface area contributed by atoms with Gasteiger partial charge in [-0.25, -0.2) is 4.57 Å². The lowest BCUT2D eigenvalue weighted by atomic mass is 10.0. The van der Waals surface area contributed by atoms with Crippen molar-refractivity contribution >= 4 is 13.6 Å². The van der Waals surface area contributed by atoms with Gasteiger partial charge in [0.05, 0.1) is 34.4 Å². The number of rotatable bonds is 26. The molecule has 0 aromatic rings. The molecule has 35 heavy (non-hydrogen) atoms. The van der Waals surface area contributed by atoms with Crippen LogP contribution in [-0.2, 0) is 23.1 Å². The van der Waals surface area contributed by atoms with Crippen LogP contribution >= 0.6 is 7.82 Å². The highest BCUT2D eigenvalue weighted by atomic mass is 31.2. The molecule has 0 spiro atoms. The zero-order chi connectivity index (χ0) is 26.4. The van der Waals surface area contributed by atoms with E-state index in [9.17, 15) is 19.4 Å². The number of carbonyl (C=O) groups is 1. The highest BCUT2D eigenvalue weighted by Gasteiger charge is 2.24. The van der Waals surface area contributed by atoms with Gasteiger partial charge in [0.2, 0.25) is 0 Å². The second-order valence-electron chi connectivity index (χ2n) is 10.6. The van der Waals surface area contributed by atoms with E-state index in [1.165, 1.54) is 51.4 Å². The topological polar surface area (TPSA) is 102 Å². The Labute approximate surface area is 214 Å². The molecule has 0 saturated heterocycles. The highest BCUT2D eigenvalue weighted by Crippen LogP contribution is 2.43. The molecule has 0 saturated carbocycles. The lowest BCUT2D eigenvalue weighted by molar-refractivity contribution is -0.870. The van der Waals surface area contributed by atoms with Crippen molar-refractivity contribution in [3.05, 3.63) is 0 Å². The summed E-state index contributed by atoms with van der Waals surface area (Å²) in [7, 11) is 1.68. The van der Waals surface area contributed by atoms with Gasteiger partial charge in [0.25, 0.3) is 0 Å². The fourth-order valence-electron chi connectivity index (χ4n) is 3.55. The fraction of sp³-hybridized carbons (Fsp3) is 0.962. The Kier molecular flexibility index (Phi) is 21.5. The largest absolute Gasteiger partial charge is 0.472 e. The Morgan fingerprint density at radius 1 is 0.771 bits per heavy atom. The van der Waals surface area contributed by atoms with E-state index >= 15 is 0 Å². The Morgan fingerprint density at radius 2 is 1.29 bits per heavy atom. The van der Waals surface area contributed by atoms with Crippen molar-refractivity contribution in [3.8, 4) is 0 Å². The van der Waals surface area contributed by atoms with E-state index in [4.69, 9.17) is 13.8 Å². The number of aliphatic hydroxyl groups excluding tert-OH is 1. The minimum atomic E-state index is -4.17. The molecule has 2 unspecified atom stereocenters. The van der Waals surface area contributed by atoms with Gasteiger partial charge in [-0.2, -0.15) is 0 Å². The number of ketones is 1. The van der Waals surface area contributed by atoms with Crippen LogP contribution in [0.4, 0.5) is 0 Å². The Morgan fingerprint density at radius 3 is 1.83 bits per heavy atom. The Bertz CT molecular complexity index is 554. The summed E-state index contributed by atoms with van der Waals surface area (Å²) in [5.74, 6) is 0.384. The van der Waals surface area contributed by atoms with Gasteiger partial charge < -0.3 is 19.2 Å². The lowest BCUT2D eigenvalue weighted by Crippen LogP contribution is -2.37. The van der Waals surface area contributed by atoms with Crippen LogP contribution in [-0.4, -0.2) is 80.5 Å². The monoisotopic (exact) mass is 524 g/mol. The number of hydrogen-bond donors (Lipinski definition) is 2. The van der Waals surface area contributed by atoms with Gasteiger partial charge >= 0.3 is 7.82 Å². The van der Waals surface area contributed by atoms with Crippen molar-refractivity contribution in [1.29, 1.82) is 0 Å². The maximum absolute atomic E-state index is 12.0. The third-order valence-electron chi connectivity index (χ3n) is 5.81. The van der Waals surface area contributed by atoms with Gasteiger partial charge in [-0.15, -0.1) is 0 Å². The van der Waals surface area contributed by atoms with Gasteiger partial charge in [-0.05, 0) is 19.3 Å². The van der Waals surface area contributed by atoms with Crippen LogP contribution in [0, 0.1) is 0 Å². The number of likely N-dealkylation sites (N-methyl/N-ethyl adjacent to an activating group) is 1. The molecule has 0 aliphatic rings. The first kappa shape index (κ1) is 34.7. The summed E-state index contributed by atoms with van der Waals surface area (Å²) in [4.78, 5) is 21.6. The average Bonchev–Trinajstić information content (AvgIpc) is 2.77. The summed E-state index contributed by atoms with van der Waals surface area (Å²) >= 11 is 0. The van der Waals surface area contributed by atoms with Crippen LogP contribution in [0.1, 0.15) is 103 Å². The molecule has 210 valence electrons. The van der Waals surface area contributed by atoms with Crippen LogP contribution in [0.25, 0.3) is 0 Å². The molecule has 0 rings (SSSR count). The van der Waals surface area contributed by atoms with Crippen molar-refractivity contribution in [1.82, 2.24) is 0 Å². The predicted octanol–water partition coefficient (Wildman–Crippen LogP) is 5.64. The molecule has 9 heteroatoms. The van der Waals surface area contributed by atoms with Gasteiger partial charge in [0, 0.05) is 19.4 Å². The Hall–Kier alpha value is -0.340. The fourth-order valence-corrected chi connectivity index (χ4v) is 4.30. The highest BCUT2D eigenvalue weighted by molar-refractivity contribution is 7.47. The number of Topliss-reactive ketones (excluding diaryl/α,β-unsaturated/α-hetero) is 1. The van der Waals surface area contributed by atoms with Crippen molar-refractivity contribution in [2.24, 2.45) is 0 Å². The minimum absolute atomic E-state index is 0.0378. The number of phosphoric ester groups is 1. The number of aliphatic hydroxyl groups is 1. The molecular weight excluding hydrogens is 469 g/mol. The van der Waals surface area contributed by atoms with Crippen molar-refractivity contribution in [2.75, 3.05) is 54.1 Å². The summed E-state index contributed by atoms with van der Waals surface area (Å²) < 4.78 is 27.5. The summed E-state index contributed by atoms with van der Waals surface area (Å²) in [5, 5.41) is 9.85. The third kappa shape index (κ3) is 26.5. The van der Waals surface area contributed by atoms with Crippen molar-refractivity contribution in [3.63, 3.8) is 0 Å². The van der Waals surface area contributed by atoms with E-state index < -0.39 is 13.9 Å². The first-order valence-corrected chi connectivity index (χ1v) is 15.2. The number of carbonyl (C=O) groups excluding carboxylic acids is 1. The summed E-state index contributed by atoms with van der Waals surface area (Å²) in [6.45, 7) is 3.11. The van der Waals surface area contributed by atoms with Crippen molar-refractivity contribution in [2.45, 2.75) is 109 Å². The van der Waals surface area contributed by atoms with Gasteiger partial charge in [0.1, 0.15) is 25.0 Å². The molecule has 0 radical (unpaired) electrons. The van der Waals surface area contributed by atoms with Crippen molar-refractivity contribution < 1.29 is 37.6 Å². The maximum atomic E-state index is 12.0. The smallest absolute Gasteiger partial charge is 0.388 e. The lowest BCUT2D eigenvalue weighted by Gasteiger charge is -2.24. The molecular formula is C26H55NO7P+. The predicted molar refractivity (Wildman–Crippen MR) is 141 cm³/mol. The third-order valence-corrected chi connectivity index (χ3v) is 6.79. The summed E-state index contributed by atoms with van der Waals surface area (Å²) in [6, 6.07) is 0. The van der Waals surface area contributed by atoms with Crippen LogP contribution < -0.4 is 0 Å². The first-order chi connectivity index (χ1) is 16.6. The zero-order valence-electron chi connectivity index (χ0n) is 23.0. The Balaban J connectivity index is 3.50. The SMILES string of the molecule is CCCCCCCCCCCC(=O)CCCCCCOCC(O)COP(=O)(O)OCC[N+](C)(C)C. The van der Waals surface area contributed by atoms with E-state index in [-0.39, 0.29) is 19.8 Å². The number of quaternary nitrogens is 1. The van der Waals surface area contributed by atoms with Gasteiger partial charge in [0.15, 0.2) is 0 Å². The number of hydrogen-bond acceptors (Lipinski definition) is 6. The van der Waals surface area contributed by atoms with Crippen LogP contribution in [0.3, 0.4) is 0 Å². The second kappa shape index (κ2) is 21.7. The van der Waals surface area contributed by atoms with E-state index in [0.717, 1.165) is 38.5 Å². The number of nitrogens with zero attached hydrogens (tertiary/aromatic N) is 1. The van der Waals surface area contributed by atoms with Gasteiger partial charge in [-0.3, -0.25) is 13.8 Å². The number of ether oxygens (including phenoxy) is 1. The maximum Gasteiger partial charge on any atom is 0.472 e. The molecule has 0 amide bonds. The van der Waals surface area contributed by atoms with E-state index in [2.05, 4.69) is 6.92 Å². The summed E-state index contributed by atoms with van der Waals surface area (Å²) in [6.07, 6.45) is 15.6. The zero-order valence-corrected chi connectivity index (χ0v) is 23.9. The molecule has 0 aliphatic heterocycles. The second-order valence-corrected chi connectivity index (χ2v) is 12.1. The molecule has 0 aliphatic carbocycles. The molecule has 0 bridgehead atoms. The van der Waals surface area contributed by atoms with E-state index in [1.54, 1.807) is 0 Å².